The van der Waals surface area contributed by atoms with Crippen molar-refractivity contribution in [2.45, 2.75) is 51.2 Å². The van der Waals surface area contributed by atoms with E-state index in [9.17, 15) is 19.5 Å². The molecule has 1 N–H and O–H groups in total. The van der Waals surface area contributed by atoms with Crippen molar-refractivity contribution in [1.29, 1.82) is 0 Å². The van der Waals surface area contributed by atoms with Crippen LogP contribution in [0.25, 0.3) is 0 Å². The third-order valence-corrected chi connectivity index (χ3v) is 6.13. The first kappa shape index (κ1) is 29.0. The maximum Gasteiger partial charge on any atom is 0.338 e. The molecule has 9 heteroatoms. The molecule has 200 valence electrons. The van der Waals surface area contributed by atoms with E-state index in [1.807, 2.05) is 13.0 Å². The molecule has 4 rings (SSSR count). The van der Waals surface area contributed by atoms with Gasteiger partial charge >= 0.3 is 11.9 Å². The van der Waals surface area contributed by atoms with E-state index < -0.39 is 36.5 Å². The van der Waals surface area contributed by atoms with Crippen LogP contribution in [0.5, 0.6) is 0 Å². The second-order valence-electron chi connectivity index (χ2n) is 8.94. The summed E-state index contributed by atoms with van der Waals surface area (Å²) >= 11 is 0. The fourth-order valence-electron chi connectivity index (χ4n) is 4.26. The second-order valence-corrected chi connectivity index (χ2v) is 8.94. The number of aliphatic hydroxyl groups excluding tert-OH is 1. The minimum atomic E-state index is -1.28. The largest absolute Gasteiger partial charge is 1.00 e. The standard InChI is InChI=1S/C29H30NO7.ClH/c1-3-10-20-15-23(19(2)31)17-30(16-20)27-25(32)26(37-29(34)22-13-8-5-9-14-22)24(36-27)18-35-28(33)21-11-6-4-7-12-21;/h4-9,11-17,24-27,32H,3,10,18H2,1-2H3;1H/q+1;/p-1. The average molecular weight is 540 g/mol. The molecule has 38 heavy (non-hydrogen) atoms. The van der Waals surface area contributed by atoms with Crippen molar-refractivity contribution < 1.29 is 50.7 Å². The summed E-state index contributed by atoms with van der Waals surface area (Å²) in [6.45, 7) is 3.25. The molecule has 4 atom stereocenters. The molecule has 0 saturated carbocycles. The monoisotopic (exact) mass is 539 g/mol. The molecule has 2 aromatic carbocycles. The zero-order valence-corrected chi connectivity index (χ0v) is 21.9. The van der Waals surface area contributed by atoms with E-state index in [1.165, 1.54) is 6.92 Å². The van der Waals surface area contributed by atoms with Crippen molar-refractivity contribution in [3.05, 3.63) is 101 Å². The van der Waals surface area contributed by atoms with Crippen LogP contribution in [-0.2, 0) is 20.6 Å². The predicted molar refractivity (Wildman–Crippen MR) is 133 cm³/mol. The maximum atomic E-state index is 12.8. The Morgan fingerprint density at radius 3 is 2.11 bits per heavy atom. The smallest absolute Gasteiger partial charge is 0.338 e. The quantitative estimate of drug-likeness (QED) is 0.240. The van der Waals surface area contributed by atoms with Crippen LogP contribution >= 0.6 is 0 Å². The first-order valence-electron chi connectivity index (χ1n) is 12.2. The molecule has 3 aromatic rings. The minimum absolute atomic E-state index is 0. The van der Waals surface area contributed by atoms with Crippen molar-refractivity contribution in [1.82, 2.24) is 0 Å². The second kappa shape index (κ2) is 13.3. The van der Waals surface area contributed by atoms with Crippen LogP contribution in [0.15, 0.2) is 79.1 Å². The molecule has 0 bridgehead atoms. The maximum absolute atomic E-state index is 12.8. The summed E-state index contributed by atoms with van der Waals surface area (Å²) in [5.74, 6) is -1.33. The van der Waals surface area contributed by atoms with Gasteiger partial charge in [0.25, 0.3) is 6.23 Å². The van der Waals surface area contributed by atoms with Crippen LogP contribution < -0.4 is 17.0 Å². The van der Waals surface area contributed by atoms with E-state index in [4.69, 9.17) is 14.2 Å². The number of ether oxygens (including phenoxy) is 3. The van der Waals surface area contributed by atoms with Crippen molar-refractivity contribution >= 4 is 17.7 Å². The summed E-state index contributed by atoms with van der Waals surface area (Å²) < 4.78 is 18.9. The topological polar surface area (TPSA) is 103 Å². The Hall–Kier alpha value is -3.59. The molecule has 1 aliphatic rings. The number of hydrogen-bond acceptors (Lipinski definition) is 7. The average Bonchev–Trinajstić information content (AvgIpc) is 3.23. The Labute approximate surface area is 227 Å². The van der Waals surface area contributed by atoms with Gasteiger partial charge in [-0.25, -0.2) is 9.59 Å². The van der Waals surface area contributed by atoms with Gasteiger partial charge in [0, 0.05) is 5.56 Å². The molecule has 0 spiro atoms. The van der Waals surface area contributed by atoms with Gasteiger partial charge in [-0.05, 0) is 43.7 Å². The number of aliphatic hydroxyl groups is 1. The van der Waals surface area contributed by atoms with Crippen molar-refractivity contribution in [2.24, 2.45) is 0 Å². The first-order valence-corrected chi connectivity index (χ1v) is 12.2. The lowest BCUT2D eigenvalue weighted by molar-refractivity contribution is -0.766. The van der Waals surface area contributed by atoms with Crippen LogP contribution in [0.4, 0.5) is 0 Å². The van der Waals surface area contributed by atoms with Gasteiger partial charge in [-0.3, -0.25) is 4.79 Å². The van der Waals surface area contributed by atoms with Crippen molar-refractivity contribution in [3.8, 4) is 0 Å². The molecule has 0 aliphatic carbocycles. The van der Waals surface area contributed by atoms with Crippen LogP contribution in [0.2, 0.25) is 0 Å². The molecule has 0 radical (unpaired) electrons. The minimum Gasteiger partial charge on any atom is -1.00 e. The van der Waals surface area contributed by atoms with Crippen molar-refractivity contribution in [3.63, 3.8) is 0 Å². The summed E-state index contributed by atoms with van der Waals surface area (Å²) in [7, 11) is 0. The summed E-state index contributed by atoms with van der Waals surface area (Å²) in [4.78, 5) is 37.5. The number of esters is 2. The van der Waals surface area contributed by atoms with Gasteiger partial charge in [0.15, 0.2) is 30.4 Å². The SMILES string of the molecule is CCCc1cc(C(C)=O)c[n+](C2OC(COC(=O)c3ccccc3)C(OC(=O)c3ccccc3)C2O)c1.[Cl-]. The molecule has 2 heterocycles. The number of halogens is 1. The van der Waals surface area contributed by atoms with Crippen LogP contribution in [0.3, 0.4) is 0 Å². The normalized spacial score (nSPS) is 20.3. The van der Waals surface area contributed by atoms with Crippen LogP contribution in [0, 0.1) is 0 Å². The van der Waals surface area contributed by atoms with Gasteiger partial charge in [0.1, 0.15) is 12.7 Å². The number of aromatic nitrogens is 1. The number of ketones is 1. The van der Waals surface area contributed by atoms with Crippen LogP contribution in [0.1, 0.15) is 63.1 Å². The van der Waals surface area contributed by atoms with Gasteiger partial charge in [0.2, 0.25) is 0 Å². The first-order chi connectivity index (χ1) is 17.9. The number of rotatable bonds is 9. The zero-order chi connectivity index (χ0) is 26.4. The van der Waals surface area contributed by atoms with Crippen molar-refractivity contribution in [2.75, 3.05) is 6.61 Å². The third kappa shape index (κ3) is 6.83. The Bertz CT molecular complexity index is 1250. The van der Waals surface area contributed by atoms with E-state index in [2.05, 4.69) is 0 Å². The van der Waals surface area contributed by atoms with Gasteiger partial charge in [-0.2, -0.15) is 4.57 Å². The molecular weight excluding hydrogens is 510 g/mol. The predicted octanol–water partition coefficient (Wildman–Crippen LogP) is 0.474. The van der Waals surface area contributed by atoms with E-state index in [-0.39, 0.29) is 24.8 Å². The molecular formula is C29H30ClNO7. The van der Waals surface area contributed by atoms with Gasteiger partial charge in [-0.1, -0.05) is 49.7 Å². The molecule has 0 amide bonds. The number of Topliss-reactive ketones (excluding diaryl/α,β-unsaturated/α-hetero) is 1. The molecule has 4 unspecified atom stereocenters. The number of pyridine rings is 1. The Morgan fingerprint density at radius 1 is 0.921 bits per heavy atom. The number of nitrogens with zero attached hydrogens (tertiary/aromatic N) is 1. The van der Waals surface area contributed by atoms with E-state index in [0.29, 0.717) is 16.7 Å². The lowest BCUT2D eigenvalue weighted by Crippen LogP contribution is -3.00. The Balaban J connectivity index is 0.00000400. The summed E-state index contributed by atoms with van der Waals surface area (Å²) in [6.07, 6.45) is 0.688. The highest BCUT2D eigenvalue weighted by Gasteiger charge is 2.52. The highest BCUT2D eigenvalue weighted by molar-refractivity contribution is 5.93. The van der Waals surface area contributed by atoms with Crippen LogP contribution in [-0.4, -0.2) is 47.7 Å². The van der Waals surface area contributed by atoms with Gasteiger partial charge in [-0.15, -0.1) is 0 Å². The van der Waals surface area contributed by atoms with E-state index >= 15 is 0 Å². The van der Waals surface area contributed by atoms with E-state index in [0.717, 1.165) is 18.4 Å². The summed E-state index contributed by atoms with van der Waals surface area (Å²) in [5.41, 5.74) is 2.05. The number of benzene rings is 2. The number of aryl methyl sites for hydroxylation is 1. The lowest BCUT2D eigenvalue weighted by atomic mass is 10.1. The fourth-order valence-corrected chi connectivity index (χ4v) is 4.26. The molecule has 1 aromatic heterocycles. The lowest BCUT2D eigenvalue weighted by Gasteiger charge is -2.19. The Kier molecular flexibility index (Phi) is 10.1. The summed E-state index contributed by atoms with van der Waals surface area (Å²) in [6, 6.07) is 18.7. The fraction of sp³-hybridized carbons (Fsp3) is 0.310. The number of carbonyl (C=O) groups excluding carboxylic acids is 3. The number of hydrogen-bond donors (Lipinski definition) is 1. The highest BCUT2D eigenvalue weighted by atomic mass is 35.5. The summed E-state index contributed by atoms with van der Waals surface area (Å²) in [5, 5.41) is 11.3. The third-order valence-electron chi connectivity index (χ3n) is 6.13. The molecule has 1 aliphatic heterocycles. The highest BCUT2D eigenvalue weighted by Crippen LogP contribution is 2.29. The van der Waals surface area contributed by atoms with E-state index in [1.54, 1.807) is 77.6 Å². The molecule has 8 nitrogen and oxygen atoms in total. The van der Waals surface area contributed by atoms with Gasteiger partial charge in [0.05, 0.1) is 16.7 Å². The molecule has 1 fully saturated rings. The van der Waals surface area contributed by atoms with Gasteiger partial charge < -0.3 is 31.7 Å². The molecule has 1 saturated heterocycles. The Morgan fingerprint density at radius 2 is 1.53 bits per heavy atom. The zero-order valence-electron chi connectivity index (χ0n) is 21.2. The number of carbonyl (C=O) groups is 3.